The predicted octanol–water partition coefficient (Wildman–Crippen LogP) is 5.11. The molecule has 3 nitrogen and oxygen atoms in total. The van der Waals surface area contributed by atoms with Crippen molar-refractivity contribution < 1.29 is 0 Å². The van der Waals surface area contributed by atoms with Crippen molar-refractivity contribution in [1.82, 2.24) is 9.88 Å². The monoisotopic (exact) mass is 375 g/mol. The van der Waals surface area contributed by atoms with Gasteiger partial charge in [-0.3, -0.25) is 0 Å². The lowest BCUT2D eigenvalue weighted by Gasteiger charge is -2.17. The lowest BCUT2D eigenvalue weighted by Crippen LogP contribution is -2.25. The van der Waals surface area contributed by atoms with E-state index in [1.165, 1.54) is 10.4 Å². The maximum Gasteiger partial charge on any atom is 0.183 e. The molecule has 6 heteroatoms. The van der Waals surface area contributed by atoms with Crippen LogP contribution in [-0.2, 0) is 0 Å². The summed E-state index contributed by atoms with van der Waals surface area (Å²) in [6.07, 6.45) is 1.15. The Balaban J connectivity index is 0.00000242. The van der Waals surface area contributed by atoms with E-state index in [1.54, 1.807) is 11.3 Å². The first-order valence-corrected chi connectivity index (χ1v) is 8.55. The minimum Gasteiger partial charge on any atom is -0.361 e. The van der Waals surface area contributed by atoms with Crippen LogP contribution in [0.15, 0.2) is 30.3 Å². The smallest absolute Gasteiger partial charge is 0.183 e. The molecule has 2 rings (SSSR count). The molecule has 0 spiro atoms. The fraction of sp³-hybridized carbons (Fsp3) is 0.471. The number of rotatable bonds is 8. The number of hydrogen-bond acceptors (Lipinski definition) is 4. The van der Waals surface area contributed by atoms with Gasteiger partial charge in [-0.15, -0.1) is 24.8 Å². The molecule has 0 aliphatic rings. The molecule has 0 aliphatic carbocycles. The molecule has 1 heterocycles. The largest absolute Gasteiger partial charge is 0.361 e. The molecular formula is C17H27Cl2N3S. The zero-order chi connectivity index (χ0) is 15.1. The molecular weight excluding hydrogens is 349 g/mol. The topological polar surface area (TPSA) is 28.2 Å². The van der Waals surface area contributed by atoms with Gasteiger partial charge in [0.15, 0.2) is 5.13 Å². The maximum absolute atomic E-state index is 4.64. The second-order valence-corrected chi connectivity index (χ2v) is 6.11. The van der Waals surface area contributed by atoms with Gasteiger partial charge in [-0.2, -0.15) is 0 Å². The Kier molecular flexibility index (Phi) is 11.3. The van der Waals surface area contributed by atoms with Crippen molar-refractivity contribution in [2.75, 3.05) is 31.5 Å². The van der Waals surface area contributed by atoms with Crippen LogP contribution in [0.1, 0.15) is 26.0 Å². The lowest BCUT2D eigenvalue weighted by atomic mass is 10.2. The van der Waals surface area contributed by atoms with Crippen molar-refractivity contribution in [1.29, 1.82) is 0 Å². The Morgan fingerprint density at radius 1 is 1.09 bits per heavy atom. The third-order valence-corrected chi connectivity index (χ3v) is 4.82. The Labute approximate surface area is 156 Å². The highest BCUT2D eigenvalue weighted by atomic mass is 35.5. The number of nitrogens with one attached hydrogen (secondary N) is 1. The summed E-state index contributed by atoms with van der Waals surface area (Å²) in [6, 6.07) is 10.5. The number of benzene rings is 1. The van der Waals surface area contributed by atoms with Crippen LogP contribution >= 0.6 is 36.2 Å². The summed E-state index contributed by atoms with van der Waals surface area (Å²) in [7, 11) is 0. The predicted molar refractivity (Wildman–Crippen MR) is 108 cm³/mol. The molecule has 0 bridgehead atoms. The summed E-state index contributed by atoms with van der Waals surface area (Å²) in [4.78, 5) is 8.35. The average Bonchev–Trinajstić information content (AvgIpc) is 2.89. The highest BCUT2D eigenvalue weighted by molar-refractivity contribution is 7.19. The van der Waals surface area contributed by atoms with Gasteiger partial charge >= 0.3 is 0 Å². The van der Waals surface area contributed by atoms with Gasteiger partial charge in [0.1, 0.15) is 0 Å². The van der Waals surface area contributed by atoms with E-state index in [0.717, 1.165) is 43.4 Å². The van der Waals surface area contributed by atoms with Crippen LogP contribution in [-0.4, -0.2) is 36.1 Å². The van der Waals surface area contributed by atoms with E-state index in [9.17, 15) is 0 Å². The molecule has 23 heavy (non-hydrogen) atoms. The highest BCUT2D eigenvalue weighted by Gasteiger charge is 2.09. The van der Waals surface area contributed by atoms with Gasteiger partial charge in [0.05, 0.1) is 10.6 Å². The van der Waals surface area contributed by atoms with Crippen molar-refractivity contribution in [2.45, 2.75) is 27.2 Å². The fourth-order valence-corrected chi connectivity index (χ4v) is 3.36. The first-order valence-electron chi connectivity index (χ1n) is 7.73. The van der Waals surface area contributed by atoms with E-state index in [1.807, 2.05) is 6.07 Å². The molecule has 0 radical (unpaired) electrons. The van der Waals surface area contributed by atoms with E-state index < -0.39 is 0 Å². The minimum atomic E-state index is 0. The Morgan fingerprint density at radius 3 is 2.35 bits per heavy atom. The van der Waals surface area contributed by atoms with Gasteiger partial charge < -0.3 is 10.2 Å². The molecule has 0 aliphatic heterocycles. The molecule has 0 amide bonds. The highest BCUT2D eigenvalue weighted by Crippen LogP contribution is 2.32. The molecule has 0 unspecified atom stereocenters. The fourth-order valence-electron chi connectivity index (χ4n) is 2.37. The quantitative estimate of drug-likeness (QED) is 0.649. The summed E-state index contributed by atoms with van der Waals surface area (Å²) >= 11 is 1.75. The van der Waals surface area contributed by atoms with E-state index in [4.69, 9.17) is 0 Å². The molecule has 130 valence electrons. The molecule has 0 saturated carbocycles. The maximum atomic E-state index is 4.64. The van der Waals surface area contributed by atoms with Gasteiger partial charge in [-0.25, -0.2) is 4.98 Å². The lowest BCUT2D eigenvalue weighted by molar-refractivity contribution is 0.303. The molecule has 1 aromatic carbocycles. The molecule has 0 fully saturated rings. The number of hydrogen-bond donors (Lipinski definition) is 1. The third kappa shape index (κ3) is 6.68. The summed E-state index contributed by atoms with van der Waals surface area (Å²) in [6.45, 7) is 10.9. The van der Waals surface area contributed by atoms with Crippen molar-refractivity contribution in [3.05, 3.63) is 36.0 Å². The van der Waals surface area contributed by atoms with Crippen LogP contribution in [0.3, 0.4) is 0 Å². The number of aryl methyl sites for hydroxylation is 1. The number of halogens is 2. The van der Waals surface area contributed by atoms with E-state index in [-0.39, 0.29) is 24.8 Å². The first kappa shape index (κ1) is 22.2. The summed E-state index contributed by atoms with van der Waals surface area (Å²) in [5.74, 6) is 0. The van der Waals surface area contributed by atoms with Crippen LogP contribution in [0.25, 0.3) is 10.4 Å². The molecule has 1 N–H and O–H groups in total. The number of thiazole rings is 1. The van der Waals surface area contributed by atoms with Gasteiger partial charge in [0.2, 0.25) is 0 Å². The molecule has 2 aromatic rings. The van der Waals surface area contributed by atoms with Crippen LogP contribution in [0.2, 0.25) is 0 Å². The summed E-state index contributed by atoms with van der Waals surface area (Å²) < 4.78 is 0. The third-order valence-electron chi connectivity index (χ3n) is 3.65. The Bertz CT molecular complexity index is 542. The Morgan fingerprint density at radius 2 is 1.74 bits per heavy atom. The summed E-state index contributed by atoms with van der Waals surface area (Å²) in [5, 5.41) is 4.49. The number of aromatic nitrogens is 1. The first-order chi connectivity index (χ1) is 10.2. The van der Waals surface area contributed by atoms with Gasteiger partial charge in [0, 0.05) is 6.54 Å². The van der Waals surface area contributed by atoms with Crippen LogP contribution in [0, 0.1) is 6.92 Å². The zero-order valence-corrected chi connectivity index (χ0v) is 16.5. The van der Waals surface area contributed by atoms with Gasteiger partial charge in [-0.05, 0) is 38.5 Å². The average molecular weight is 376 g/mol. The normalized spacial score (nSPS) is 10.1. The van der Waals surface area contributed by atoms with Gasteiger partial charge in [-0.1, -0.05) is 55.5 Å². The van der Waals surface area contributed by atoms with Crippen molar-refractivity contribution in [2.24, 2.45) is 0 Å². The minimum absolute atomic E-state index is 0. The number of anilines is 1. The zero-order valence-electron chi connectivity index (χ0n) is 14.0. The molecule has 1 aromatic heterocycles. The Hall–Kier alpha value is -0.810. The molecule has 0 atom stereocenters. The van der Waals surface area contributed by atoms with Crippen molar-refractivity contribution >= 4 is 41.3 Å². The molecule has 0 saturated heterocycles. The van der Waals surface area contributed by atoms with Crippen molar-refractivity contribution in [3.8, 4) is 10.4 Å². The van der Waals surface area contributed by atoms with E-state index in [2.05, 4.69) is 60.2 Å². The standard InChI is InChI=1S/C17H25N3S.2ClH/c1-4-20(5-2)13-9-12-18-17-19-14(3)16(21-17)15-10-7-6-8-11-15;;/h6-8,10-11H,4-5,9,12-13H2,1-3H3,(H,18,19);2*1H. The van der Waals surface area contributed by atoms with E-state index >= 15 is 0 Å². The van der Waals surface area contributed by atoms with Crippen LogP contribution in [0.5, 0.6) is 0 Å². The second kappa shape index (κ2) is 11.7. The second-order valence-electron chi connectivity index (χ2n) is 5.11. The number of nitrogens with zero attached hydrogens (tertiary/aromatic N) is 2. The summed E-state index contributed by atoms with van der Waals surface area (Å²) in [5.41, 5.74) is 2.36. The van der Waals surface area contributed by atoms with Crippen molar-refractivity contribution in [3.63, 3.8) is 0 Å². The van der Waals surface area contributed by atoms with Crippen LogP contribution in [0.4, 0.5) is 5.13 Å². The SMILES string of the molecule is CCN(CC)CCCNc1nc(C)c(-c2ccccc2)s1.Cl.Cl. The van der Waals surface area contributed by atoms with Crippen LogP contribution < -0.4 is 5.32 Å². The van der Waals surface area contributed by atoms with E-state index in [0.29, 0.717) is 0 Å². The van der Waals surface area contributed by atoms with Gasteiger partial charge in [0.25, 0.3) is 0 Å².